The van der Waals surface area contributed by atoms with Gasteiger partial charge in [0.2, 0.25) is 0 Å². The Kier molecular flexibility index (Phi) is 1.81. The molecule has 0 N–H and O–H groups in total. The van der Waals surface area contributed by atoms with Crippen molar-refractivity contribution in [2.75, 3.05) is 19.0 Å². The van der Waals surface area contributed by atoms with E-state index in [0.717, 1.165) is 5.82 Å². The van der Waals surface area contributed by atoms with Crippen LogP contribution in [-0.2, 0) is 0 Å². The average Bonchev–Trinajstić information content (AvgIpc) is 2.49. The molecule has 2 aromatic rings. The lowest BCUT2D eigenvalue weighted by Crippen LogP contribution is -2.14. The SMILES string of the molecule is CN(C)c1cc(Cl)nc2ncnn12. The summed E-state index contributed by atoms with van der Waals surface area (Å²) < 4.78 is 1.63. The predicted molar refractivity (Wildman–Crippen MR) is 50.1 cm³/mol. The maximum Gasteiger partial charge on any atom is 0.255 e. The molecular weight excluding hydrogens is 190 g/mol. The van der Waals surface area contributed by atoms with Gasteiger partial charge >= 0.3 is 0 Å². The quantitative estimate of drug-likeness (QED) is 0.636. The maximum atomic E-state index is 5.81. The fraction of sp³-hybridized carbons (Fsp3) is 0.286. The summed E-state index contributed by atoms with van der Waals surface area (Å²) in [7, 11) is 3.82. The Morgan fingerprint density at radius 3 is 2.92 bits per heavy atom. The minimum Gasteiger partial charge on any atom is -0.362 e. The van der Waals surface area contributed by atoms with E-state index >= 15 is 0 Å². The van der Waals surface area contributed by atoms with E-state index in [-0.39, 0.29) is 0 Å². The molecule has 0 saturated heterocycles. The Balaban J connectivity index is 2.77. The summed E-state index contributed by atoms with van der Waals surface area (Å²) in [6.45, 7) is 0. The van der Waals surface area contributed by atoms with Crippen LogP contribution in [0.1, 0.15) is 0 Å². The predicted octanol–water partition coefficient (Wildman–Crippen LogP) is 0.844. The summed E-state index contributed by atoms with van der Waals surface area (Å²) in [6.07, 6.45) is 1.45. The van der Waals surface area contributed by atoms with E-state index in [4.69, 9.17) is 11.6 Å². The minimum absolute atomic E-state index is 0.421. The molecule has 0 fully saturated rings. The minimum atomic E-state index is 0.421. The number of anilines is 1. The normalized spacial score (nSPS) is 10.7. The van der Waals surface area contributed by atoms with E-state index in [1.54, 1.807) is 10.6 Å². The maximum absolute atomic E-state index is 5.81. The number of fused-ring (bicyclic) bond motifs is 1. The van der Waals surface area contributed by atoms with E-state index in [9.17, 15) is 0 Å². The molecule has 2 rings (SSSR count). The molecule has 0 spiro atoms. The van der Waals surface area contributed by atoms with Crippen LogP contribution in [0.15, 0.2) is 12.4 Å². The Morgan fingerprint density at radius 1 is 1.46 bits per heavy atom. The van der Waals surface area contributed by atoms with Gasteiger partial charge in [0.05, 0.1) is 0 Å². The van der Waals surface area contributed by atoms with Crippen LogP contribution in [0.4, 0.5) is 5.82 Å². The van der Waals surface area contributed by atoms with Crippen LogP contribution in [0, 0.1) is 0 Å². The zero-order valence-corrected chi connectivity index (χ0v) is 8.02. The Labute approximate surface area is 80.0 Å². The first-order valence-electron chi connectivity index (χ1n) is 3.72. The van der Waals surface area contributed by atoms with Crippen molar-refractivity contribution in [3.63, 3.8) is 0 Å². The molecule has 5 nitrogen and oxygen atoms in total. The molecule has 13 heavy (non-hydrogen) atoms. The smallest absolute Gasteiger partial charge is 0.255 e. The van der Waals surface area contributed by atoms with Crippen molar-refractivity contribution in [2.24, 2.45) is 0 Å². The molecule has 0 aliphatic heterocycles. The van der Waals surface area contributed by atoms with Crippen molar-refractivity contribution < 1.29 is 0 Å². The topological polar surface area (TPSA) is 46.3 Å². The lowest BCUT2D eigenvalue weighted by Gasteiger charge is -2.12. The third-order valence-electron chi connectivity index (χ3n) is 1.66. The number of halogens is 1. The molecule has 68 valence electrons. The largest absolute Gasteiger partial charge is 0.362 e. The molecule has 0 aromatic carbocycles. The lowest BCUT2D eigenvalue weighted by molar-refractivity contribution is 0.896. The van der Waals surface area contributed by atoms with Gasteiger partial charge in [-0.05, 0) is 0 Å². The number of rotatable bonds is 1. The summed E-state index contributed by atoms with van der Waals surface area (Å²) in [5, 5.41) is 4.44. The molecule has 0 aliphatic rings. The van der Waals surface area contributed by atoms with Crippen molar-refractivity contribution in [2.45, 2.75) is 0 Å². The molecule has 2 heterocycles. The molecule has 0 aliphatic carbocycles. The standard InChI is InChI=1S/C7H8ClN5/c1-12(2)6-3-5(8)11-7-9-4-10-13(6)7/h3-4H,1-2H3. The van der Waals surface area contributed by atoms with E-state index in [1.807, 2.05) is 19.0 Å². The highest BCUT2D eigenvalue weighted by Crippen LogP contribution is 2.16. The summed E-state index contributed by atoms with van der Waals surface area (Å²) in [6, 6.07) is 1.74. The summed E-state index contributed by atoms with van der Waals surface area (Å²) in [5.41, 5.74) is 0. The van der Waals surface area contributed by atoms with Gasteiger partial charge in [0, 0.05) is 20.2 Å². The number of nitrogens with zero attached hydrogens (tertiary/aromatic N) is 5. The van der Waals surface area contributed by atoms with Gasteiger partial charge in [-0.25, -0.2) is 0 Å². The fourth-order valence-electron chi connectivity index (χ4n) is 1.09. The Bertz CT molecular complexity index is 435. The number of hydrogen-bond acceptors (Lipinski definition) is 4. The monoisotopic (exact) mass is 197 g/mol. The van der Waals surface area contributed by atoms with Crippen LogP contribution in [0.3, 0.4) is 0 Å². The molecule has 0 bridgehead atoms. The molecule has 6 heteroatoms. The second-order valence-corrected chi connectivity index (χ2v) is 3.19. The van der Waals surface area contributed by atoms with E-state index < -0.39 is 0 Å². The highest BCUT2D eigenvalue weighted by atomic mass is 35.5. The number of aromatic nitrogens is 4. The lowest BCUT2D eigenvalue weighted by atomic mass is 10.5. The third-order valence-corrected chi connectivity index (χ3v) is 1.85. The first kappa shape index (κ1) is 8.25. The Hall–Kier alpha value is -1.36. The van der Waals surface area contributed by atoms with Crippen molar-refractivity contribution in [1.82, 2.24) is 19.6 Å². The van der Waals surface area contributed by atoms with Crippen molar-refractivity contribution in [3.8, 4) is 0 Å². The second-order valence-electron chi connectivity index (χ2n) is 2.80. The van der Waals surface area contributed by atoms with Crippen LogP contribution in [-0.4, -0.2) is 33.7 Å². The van der Waals surface area contributed by atoms with Gasteiger partial charge in [-0.15, -0.1) is 0 Å². The molecule has 0 amide bonds. The summed E-state index contributed by atoms with van der Waals surface area (Å²) in [5.74, 6) is 1.36. The third kappa shape index (κ3) is 1.31. The molecule has 0 radical (unpaired) electrons. The summed E-state index contributed by atoms with van der Waals surface area (Å²) in [4.78, 5) is 9.86. The van der Waals surface area contributed by atoms with Gasteiger partial charge in [-0.3, -0.25) is 0 Å². The average molecular weight is 198 g/mol. The molecular formula is C7H8ClN5. The molecule has 2 aromatic heterocycles. The molecule has 0 unspecified atom stereocenters. The van der Waals surface area contributed by atoms with E-state index in [1.165, 1.54) is 6.33 Å². The van der Waals surface area contributed by atoms with Crippen LogP contribution in [0.5, 0.6) is 0 Å². The Morgan fingerprint density at radius 2 is 2.23 bits per heavy atom. The van der Waals surface area contributed by atoms with Crippen molar-refractivity contribution in [1.29, 1.82) is 0 Å². The second kappa shape index (κ2) is 2.85. The zero-order valence-electron chi connectivity index (χ0n) is 7.27. The van der Waals surface area contributed by atoms with Crippen LogP contribution >= 0.6 is 11.6 Å². The van der Waals surface area contributed by atoms with Crippen molar-refractivity contribution >= 4 is 23.2 Å². The van der Waals surface area contributed by atoms with Gasteiger partial charge < -0.3 is 4.90 Å². The van der Waals surface area contributed by atoms with Crippen LogP contribution in [0.2, 0.25) is 5.15 Å². The highest BCUT2D eigenvalue weighted by Gasteiger charge is 2.06. The van der Waals surface area contributed by atoms with Gasteiger partial charge in [0.25, 0.3) is 5.78 Å². The fourth-order valence-corrected chi connectivity index (χ4v) is 1.26. The molecule has 0 atom stereocenters. The van der Waals surface area contributed by atoms with Gasteiger partial charge in [0.1, 0.15) is 17.3 Å². The van der Waals surface area contributed by atoms with Crippen LogP contribution < -0.4 is 4.90 Å². The highest BCUT2D eigenvalue weighted by molar-refractivity contribution is 6.29. The van der Waals surface area contributed by atoms with Gasteiger partial charge in [-0.1, -0.05) is 11.6 Å². The van der Waals surface area contributed by atoms with Gasteiger partial charge in [0.15, 0.2) is 0 Å². The van der Waals surface area contributed by atoms with E-state index in [0.29, 0.717) is 10.9 Å². The van der Waals surface area contributed by atoms with Crippen LogP contribution in [0.25, 0.3) is 5.78 Å². The number of hydrogen-bond donors (Lipinski definition) is 0. The first-order valence-corrected chi connectivity index (χ1v) is 4.10. The van der Waals surface area contributed by atoms with Crippen molar-refractivity contribution in [3.05, 3.63) is 17.5 Å². The van der Waals surface area contributed by atoms with Gasteiger partial charge in [-0.2, -0.15) is 19.6 Å². The molecule has 0 saturated carbocycles. The zero-order chi connectivity index (χ0) is 9.42. The van der Waals surface area contributed by atoms with E-state index in [2.05, 4.69) is 15.1 Å². The first-order chi connectivity index (χ1) is 6.18. The summed E-state index contributed by atoms with van der Waals surface area (Å²) >= 11 is 5.81.